The summed E-state index contributed by atoms with van der Waals surface area (Å²) in [4.78, 5) is 55.9. The second-order valence-electron chi connectivity index (χ2n) is 13.0. The number of fused-ring (bicyclic) bond motifs is 1. The number of carbonyl (C=O) groups is 4. The van der Waals surface area contributed by atoms with E-state index >= 15 is 0 Å². The first-order valence-corrected chi connectivity index (χ1v) is 16.3. The lowest BCUT2D eigenvalue weighted by Gasteiger charge is -2.38. The average Bonchev–Trinajstić information content (AvgIpc) is 3.48. The van der Waals surface area contributed by atoms with Gasteiger partial charge in [0.2, 0.25) is 11.8 Å². The molecular formula is C35H42N6O7. The van der Waals surface area contributed by atoms with Gasteiger partial charge in [0.1, 0.15) is 17.5 Å². The van der Waals surface area contributed by atoms with Gasteiger partial charge < -0.3 is 35.4 Å². The van der Waals surface area contributed by atoms with Crippen LogP contribution in [0.25, 0.3) is 0 Å². The number of aliphatic hydroxyl groups is 1. The summed E-state index contributed by atoms with van der Waals surface area (Å²) >= 11 is 0. The third kappa shape index (κ3) is 6.10. The maximum absolute atomic E-state index is 14.4. The third-order valence-electron chi connectivity index (χ3n) is 10.1. The van der Waals surface area contributed by atoms with Crippen molar-refractivity contribution in [2.24, 2.45) is 12.5 Å². The van der Waals surface area contributed by atoms with Crippen molar-refractivity contribution in [2.45, 2.75) is 56.0 Å². The van der Waals surface area contributed by atoms with Gasteiger partial charge in [-0.1, -0.05) is 37.3 Å². The van der Waals surface area contributed by atoms with Crippen molar-refractivity contribution < 1.29 is 33.8 Å². The van der Waals surface area contributed by atoms with Gasteiger partial charge in [-0.05, 0) is 55.5 Å². The van der Waals surface area contributed by atoms with E-state index in [4.69, 9.17) is 9.47 Å². The second kappa shape index (κ2) is 13.3. The molecule has 1 spiro atoms. The number of hydrogen-bond donors (Lipinski definition) is 4. The first kappa shape index (κ1) is 33.0. The first-order valence-electron chi connectivity index (χ1n) is 16.3. The summed E-state index contributed by atoms with van der Waals surface area (Å²) in [6.07, 6.45) is 3.54. The highest BCUT2D eigenvalue weighted by atomic mass is 16.5. The highest BCUT2D eigenvalue weighted by molar-refractivity contribution is 6.01. The minimum Gasteiger partial charge on any atom is -0.493 e. The predicted molar refractivity (Wildman–Crippen MR) is 175 cm³/mol. The van der Waals surface area contributed by atoms with Crippen LogP contribution in [0.15, 0.2) is 60.8 Å². The predicted octanol–water partition coefficient (Wildman–Crippen LogP) is 2.71. The van der Waals surface area contributed by atoms with E-state index in [1.807, 2.05) is 31.2 Å². The Balaban J connectivity index is 1.34. The molecule has 4 atom stereocenters. The van der Waals surface area contributed by atoms with E-state index < -0.39 is 35.4 Å². The molecule has 0 bridgehead atoms. The van der Waals surface area contributed by atoms with Gasteiger partial charge in [0.15, 0.2) is 0 Å². The summed E-state index contributed by atoms with van der Waals surface area (Å²) in [6, 6.07) is 14.8. The second-order valence-corrected chi connectivity index (χ2v) is 13.0. The van der Waals surface area contributed by atoms with Gasteiger partial charge in [0, 0.05) is 48.9 Å². The number of rotatable bonds is 10. The summed E-state index contributed by atoms with van der Waals surface area (Å²) in [5.74, 6) is -0.834. The monoisotopic (exact) mass is 658 g/mol. The van der Waals surface area contributed by atoms with Gasteiger partial charge in [0.05, 0.1) is 31.8 Å². The molecule has 3 heterocycles. The van der Waals surface area contributed by atoms with Crippen LogP contribution in [0.3, 0.4) is 0 Å². The molecule has 3 aliphatic rings. The van der Waals surface area contributed by atoms with Crippen LogP contribution in [-0.2, 0) is 26.8 Å². The summed E-state index contributed by atoms with van der Waals surface area (Å²) < 4.78 is 12.5. The Kier molecular flexibility index (Phi) is 9.15. The van der Waals surface area contributed by atoms with Gasteiger partial charge in [-0.15, -0.1) is 0 Å². The zero-order chi connectivity index (χ0) is 34.1. The molecule has 2 aliphatic heterocycles. The summed E-state index contributed by atoms with van der Waals surface area (Å²) in [5.41, 5.74) is 0.756. The molecule has 2 aromatic carbocycles. The van der Waals surface area contributed by atoms with Crippen molar-refractivity contribution in [3.8, 4) is 5.75 Å². The number of hydrogen-bond acceptors (Lipinski definition) is 8. The zero-order valence-corrected chi connectivity index (χ0v) is 27.4. The molecule has 1 aromatic heterocycles. The fourth-order valence-electron chi connectivity index (χ4n) is 7.13. The smallest absolute Gasteiger partial charge is 0.409 e. The van der Waals surface area contributed by atoms with Crippen molar-refractivity contribution in [1.29, 1.82) is 0 Å². The van der Waals surface area contributed by atoms with Crippen LogP contribution in [0.2, 0.25) is 0 Å². The number of nitrogens with one attached hydrogen (secondary N) is 3. The van der Waals surface area contributed by atoms with E-state index in [2.05, 4.69) is 21.0 Å². The van der Waals surface area contributed by atoms with Crippen molar-refractivity contribution >= 4 is 29.5 Å². The number of methoxy groups -OCH3 is 1. The molecule has 2 unspecified atom stereocenters. The van der Waals surface area contributed by atoms with Crippen LogP contribution >= 0.6 is 0 Å². The number of ether oxygens (including phenoxy) is 2. The molecule has 1 aliphatic carbocycles. The fourth-order valence-corrected chi connectivity index (χ4v) is 7.13. The summed E-state index contributed by atoms with van der Waals surface area (Å²) in [5, 5.41) is 22.9. The Bertz CT molecular complexity index is 1700. The number of amides is 4. The Morgan fingerprint density at radius 3 is 2.56 bits per heavy atom. The number of aromatic nitrogens is 2. The van der Waals surface area contributed by atoms with E-state index in [-0.39, 0.29) is 30.4 Å². The molecule has 0 radical (unpaired) electrons. The van der Waals surface area contributed by atoms with Crippen LogP contribution in [0.1, 0.15) is 60.1 Å². The lowest BCUT2D eigenvalue weighted by molar-refractivity contribution is -0.127. The van der Waals surface area contributed by atoms with E-state index in [1.54, 1.807) is 37.4 Å². The number of benzene rings is 2. The fraction of sp³-hybridized carbons (Fsp3) is 0.457. The molecule has 4 N–H and O–H groups in total. The van der Waals surface area contributed by atoms with Crippen LogP contribution in [-0.4, -0.2) is 89.1 Å². The molecule has 13 heteroatoms. The van der Waals surface area contributed by atoms with Crippen molar-refractivity contribution in [2.75, 3.05) is 38.7 Å². The molecule has 4 amide bonds. The van der Waals surface area contributed by atoms with Crippen LogP contribution in [0.5, 0.6) is 5.75 Å². The Morgan fingerprint density at radius 1 is 1.08 bits per heavy atom. The molecule has 1 saturated carbocycles. The number of carbonyl (C=O) groups excluding carboxylic acids is 4. The summed E-state index contributed by atoms with van der Waals surface area (Å²) in [7, 11) is 2.96. The Hall–Kier alpha value is -4.91. The lowest BCUT2D eigenvalue weighted by Crippen LogP contribution is -2.52. The van der Waals surface area contributed by atoms with Gasteiger partial charge in [-0.2, -0.15) is 5.10 Å². The zero-order valence-electron chi connectivity index (χ0n) is 27.4. The maximum atomic E-state index is 14.4. The molecule has 13 nitrogen and oxygen atoms in total. The Morgan fingerprint density at radius 2 is 1.88 bits per heavy atom. The lowest BCUT2D eigenvalue weighted by atomic mass is 9.75. The molecule has 1 saturated heterocycles. The topological polar surface area (TPSA) is 164 Å². The van der Waals surface area contributed by atoms with Gasteiger partial charge in [-0.3, -0.25) is 19.1 Å². The molecular weight excluding hydrogens is 616 g/mol. The average molecular weight is 659 g/mol. The first-order chi connectivity index (χ1) is 23.1. The van der Waals surface area contributed by atoms with E-state index in [0.717, 1.165) is 18.4 Å². The highest BCUT2D eigenvalue weighted by Crippen LogP contribution is 2.61. The van der Waals surface area contributed by atoms with E-state index in [9.17, 15) is 24.3 Å². The minimum absolute atomic E-state index is 0.0650. The number of aliphatic hydroxyl groups excluding tert-OH is 1. The van der Waals surface area contributed by atoms with Gasteiger partial charge >= 0.3 is 6.09 Å². The molecule has 254 valence electrons. The van der Waals surface area contributed by atoms with Crippen molar-refractivity contribution in [3.63, 3.8) is 0 Å². The largest absolute Gasteiger partial charge is 0.493 e. The number of para-hydroxylation sites is 1. The highest BCUT2D eigenvalue weighted by Gasteiger charge is 2.58. The number of nitrogens with zero attached hydrogens (tertiary/aromatic N) is 3. The minimum atomic E-state index is -1.15. The van der Waals surface area contributed by atoms with Crippen LogP contribution in [0.4, 0.5) is 10.5 Å². The SMILES string of the molecule is CC[C@H](CO)NC(=O)C1(c2cccc(NC(=O)[C@@H](NC(=O)c3ccnn3C)C3c4ccccc4OCC34CC4)c2)CCN(C(=O)OC)C1. The third-order valence-corrected chi connectivity index (χ3v) is 10.1. The summed E-state index contributed by atoms with van der Waals surface area (Å²) in [6.45, 7) is 2.44. The van der Waals surface area contributed by atoms with Gasteiger partial charge in [-0.25, -0.2) is 4.79 Å². The van der Waals surface area contributed by atoms with Crippen LogP contribution in [0, 0.1) is 5.41 Å². The molecule has 6 rings (SSSR count). The molecule has 3 aromatic rings. The Labute approximate surface area is 279 Å². The number of anilines is 1. The quantitative estimate of drug-likeness (QED) is 0.258. The van der Waals surface area contributed by atoms with Crippen LogP contribution < -0.4 is 20.7 Å². The molecule has 2 fully saturated rings. The van der Waals surface area contributed by atoms with E-state index in [1.165, 1.54) is 22.9 Å². The maximum Gasteiger partial charge on any atom is 0.409 e. The van der Waals surface area contributed by atoms with E-state index in [0.29, 0.717) is 48.7 Å². The van der Waals surface area contributed by atoms with Crippen molar-refractivity contribution in [3.05, 3.63) is 77.6 Å². The normalized spacial score (nSPS) is 21.8. The van der Waals surface area contributed by atoms with Crippen molar-refractivity contribution in [1.82, 2.24) is 25.3 Å². The molecule has 48 heavy (non-hydrogen) atoms. The number of aryl methyl sites for hydroxylation is 1. The standard InChI is InChI=1S/C35H42N6O7/c1-4-23(19-42)38-32(45)35(15-17-41(20-35)33(46)47-3)22-8-7-9-24(18-22)37-31(44)29(39-30(43)26-12-16-36-40(26)2)28-25-10-5-6-11-27(25)48-21-34(28)13-14-34/h5-12,16,18,23,28-29,42H,4,13-15,17,19-21H2,1-3H3,(H,37,44)(H,38,45)(H,39,43)/t23-,28?,29+,35?/m1/s1. The number of likely N-dealkylation sites (tertiary alicyclic amines) is 1. The van der Waals surface area contributed by atoms with Gasteiger partial charge in [0.25, 0.3) is 5.91 Å².